The maximum absolute atomic E-state index is 13.5. The fraction of sp³-hybridized carbons (Fsp3) is 0.261. The van der Waals surface area contributed by atoms with Gasteiger partial charge in [-0.2, -0.15) is 0 Å². The van der Waals surface area contributed by atoms with Crippen LogP contribution in [0.4, 0.5) is 5.95 Å². The summed E-state index contributed by atoms with van der Waals surface area (Å²) in [5, 5.41) is 3.32. The lowest BCUT2D eigenvalue weighted by Crippen LogP contribution is -2.42. The lowest BCUT2D eigenvalue weighted by Gasteiger charge is -2.28. The third-order valence-electron chi connectivity index (χ3n) is 5.90. The van der Waals surface area contributed by atoms with Crippen LogP contribution in [0.15, 0.2) is 71.5 Å². The molecule has 3 unspecified atom stereocenters. The van der Waals surface area contributed by atoms with E-state index in [1.54, 1.807) is 12.4 Å². The van der Waals surface area contributed by atoms with Crippen LogP contribution < -0.4 is 5.32 Å². The molecule has 1 saturated heterocycles. The number of benzene rings is 2. The standard InChI is InChI=1S/C23H21BrN4O/c24-17-11-25-23(26-12-17)27-13-21-20-10-16(20)14-28(21)22(29)19-9-5-4-8-18(19)15-6-2-1-3-7-15/h1-9,11-12,16,20-21H,10,13-14H2,(H,25,26,27). The number of carbonyl (C=O) groups is 1. The van der Waals surface area contributed by atoms with E-state index in [4.69, 9.17) is 0 Å². The molecule has 1 amide bonds. The Balaban J connectivity index is 1.37. The number of fused-ring (bicyclic) bond motifs is 1. The first-order valence-electron chi connectivity index (χ1n) is 9.87. The smallest absolute Gasteiger partial charge is 0.254 e. The quantitative estimate of drug-likeness (QED) is 0.624. The van der Waals surface area contributed by atoms with E-state index < -0.39 is 0 Å². The van der Waals surface area contributed by atoms with Crippen LogP contribution in [-0.4, -0.2) is 39.9 Å². The summed E-state index contributed by atoms with van der Waals surface area (Å²) in [7, 11) is 0. The molecule has 2 fully saturated rings. The van der Waals surface area contributed by atoms with Gasteiger partial charge < -0.3 is 10.2 Å². The van der Waals surface area contributed by atoms with Crippen LogP contribution in [0.2, 0.25) is 0 Å². The van der Waals surface area contributed by atoms with E-state index in [-0.39, 0.29) is 11.9 Å². The number of nitrogens with zero attached hydrogens (tertiary/aromatic N) is 3. The molecule has 0 bridgehead atoms. The van der Waals surface area contributed by atoms with E-state index in [2.05, 4.69) is 43.3 Å². The Kier molecular flexibility index (Phi) is 4.79. The molecule has 2 aliphatic rings. The topological polar surface area (TPSA) is 58.1 Å². The highest BCUT2D eigenvalue weighted by Gasteiger charge is 2.53. The molecule has 29 heavy (non-hydrogen) atoms. The lowest BCUT2D eigenvalue weighted by atomic mass is 9.98. The lowest BCUT2D eigenvalue weighted by molar-refractivity contribution is 0.0716. The highest BCUT2D eigenvalue weighted by molar-refractivity contribution is 9.10. The highest BCUT2D eigenvalue weighted by Crippen LogP contribution is 2.50. The largest absolute Gasteiger partial charge is 0.352 e. The minimum absolute atomic E-state index is 0.111. The highest BCUT2D eigenvalue weighted by atomic mass is 79.9. The van der Waals surface area contributed by atoms with Crippen LogP contribution in [0, 0.1) is 11.8 Å². The second-order valence-electron chi connectivity index (χ2n) is 7.70. The first kappa shape index (κ1) is 18.3. The van der Waals surface area contributed by atoms with Gasteiger partial charge >= 0.3 is 0 Å². The van der Waals surface area contributed by atoms with Crippen molar-refractivity contribution in [3.63, 3.8) is 0 Å². The molecule has 2 heterocycles. The summed E-state index contributed by atoms with van der Waals surface area (Å²) in [5.41, 5.74) is 2.82. The average molecular weight is 449 g/mol. The Morgan fingerprint density at radius 1 is 1.07 bits per heavy atom. The minimum Gasteiger partial charge on any atom is -0.352 e. The Morgan fingerprint density at radius 2 is 1.79 bits per heavy atom. The number of hydrogen-bond donors (Lipinski definition) is 1. The predicted molar refractivity (Wildman–Crippen MR) is 117 cm³/mol. The number of aromatic nitrogens is 2. The Morgan fingerprint density at radius 3 is 2.59 bits per heavy atom. The molecular formula is C23H21BrN4O. The van der Waals surface area contributed by atoms with Crippen molar-refractivity contribution in [3.8, 4) is 11.1 Å². The molecule has 5 nitrogen and oxygen atoms in total. The maximum atomic E-state index is 13.5. The third kappa shape index (κ3) is 3.65. The van der Waals surface area contributed by atoms with Crippen LogP contribution >= 0.6 is 15.9 Å². The molecule has 146 valence electrons. The monoisotopic (exact) mass is 448 g/mol. The number of carbonyl (C=O) groups excluding carboxylic acids is 1. The molecule has 1 saturated carbocycles. The van der Waals surface area contributed by atoms with E-state index in [0.29, 0.717) is 24.3 Å². The summed E-state index contributed by atoms with van der Waals surface area (Å²) in [6.07, 6.45) is 4.66. The van der Waals surface area contributed by atoms with Crippen molar-refractivity contribution in [1.82, 2.24) is 14.9 Å². The van der Waals surface area contributed by atoms with E-state index in [0.717, 1.165) is 27.7 Å². The first-order chi connectivity index (χ1) is 14.2. The van der Waals surface area contributed by atoms with Crippen LogP contribution in [-0.2, 0) is 0 Å². The van der Waals surface area contributed by atoms with Gasteiger partial charge in [0.2, 0.25) is 5.95 Å². The van der Waals surface area contributed by atoms with Crippen molar-refractivity contribution >= 4 is 27.8 Å². The summed E-state index contributed by atoms with van der Waals surface area (Å²) >= 11 is 3.35. The zero-order valence-corrected chi connectivity index (χ0v) is 17.4. The zero-order valence-electron chi connectivity index (χ0n) is 15.8. The molecule has 1 aliphatic carbocycles. The number of nitrogens with one attached hydrogen (secondary N) is 1. The SMILES string of the molecule is O=C(c1ccccc1-c1ccccc1)N1CC2CC2C1CNc1ncc(Br)cn1. The van der Waals surface area contributed by atoms with Gasteiger partial charge in [0.15, 0.2) is 0 Å². The summed E-state index contributed by atoms with van der Waals surface area (Å²) < 4.78 is 0.848. The molecule has 3 aromatic rings. The van der Waals surface area contributed by atoms with E-state index in [1.165, 1.54) is 6.42 Å². The normalized spacial score (nSPS) is 22.2. The molecule has 0 radical (unpaired) electrons. The van der Waals surface area contributed by atoms with Gasteiger partial charge in [-0.25, -0.2) is 9.97 Å². The number of hydrogen-bond acceptors (Lipinski definition) is 4. The molecule has 1 N–H and O–H groups in total. The Hall–Kier alpha value is -2.73. The van der Waals surface area contributed by atoms with E-state index >= 15 is 0 Å². The number of anilines is 1. The summed E-state index contributed by atoms with van der Waals surface area (Å²) in [6.45, 7) is 1.50. The Bertz CT molecular complexity index is 1020. The molecule has 5 rings (SSSR count). The van der Waals surface area contributed by atoms with Gasteiger partial charge in [0.05, 0.1) is 10.5 Å². The average Bonchev–Trinajstić information content (AvgIpc) is 3.45. The van der Waals surface area contributed by atoms with Gasteiger partial charge in [0.25, 0.3) is 5.91 Å². The van der Waals surface area contributed by atoms with Crippen LogP contribution in [0.5, 0.6) is 0 Å². The van der Waals surface area contributed by atoms with Gasteiger partial charge in [-0.3, -0.25) is 4.79 Å². The zero-order chi connectivity index (χ0) is 19.8. The number of halogens is 1. The number of likely N-dealkylation sites (tertiary alicyclic amines) is 1. The molecule has 1 aromatic heterocycles. The van der Waals surface area contributed by atoms with Gasteiger partial charge in [0.1, 0.15) is 0 Å². The van der Waals surface area contributed by atoms with Crippen molar-refractivity contribution < 1.29 is 4.79 Å². The first-order valence-corrected chi connectivity index (χ1v) is 10.7. The predicted octanol–water partition coefficient (Wildman–Crippen LogP) is 4.48. The second kappa shape index (κ2) is 7.59. The molecule has 2 aromatic carbocycles. The van der Waals surface area contributed by atoms with Crippen molar-refractivity contribution in [2.75, 3.05) is 18.4 Å². The third-order valence-corrected chi connectivity index (χ3v) is 6.31. The van der Waals surface area contributed by atoms with Crippen LogP contribution in [0.1, 0.15) is 16.8 Å². The van der Waals surface area contributed by atoms with Crippen molar-refractivity contribution in [2.24, 2.45) is 11.8 Å². The van der Waals surface area contributed by atoms with E-state index in [1.807, 2.05) is 47.4 Å². The van der Waals surface area contributed by atoms with Gasteiger partial charge in [0, 0.05) is 31.0 Å². The van der Waals surface area contributed by atoms with Crippen molar-refractivity contribution in [3.05, 3.63) is 77.0 Å². The second-order valence-corrected chi connectivity index (χ2v) is 8.62. The van der Waals surface area contributed by atoms with Gasteiger partial charge in [-0.05, 0) is 51.4 Å². The molecule has 1 aliphatic heterocycles. The summed E-state index contributed by atoms with van der Waals surface area (Å²) in [4.78, 5) is 24.2. The molecule has 0 spiro atoms. The molecule has 3 atom stereocenters. The number of amides is 1. The van der Waals surface area contributed by atoms with Gasteiger partial charge in [-0.1, -0.05) is 48.5 Å². The minimum atomic E-state index is 0.111. The summed E-state index contributed by atoms with van der Waals surface area (Å²) in [6, 6.07) is 18.2. The molecule has 6 heteroatoms. The van der Waals surface area contributed by atoms with Crippen molar-refractivity contribution in [2.45, 2.75) is 12.5 Å². The summed E-state index contributed by atoms with van der Waals surface area (Å²) in [5.74, 6) is 1.90. The van der Waals surface area contributed by atoms with Crippen LogP contribution in [0.25, 0.3) is 11.1 Å². The fourth-order valence-corrected chi connectivity index (χ4v) is 4.56. The van der Waals surface area contributed by atoms with Gasteiger partial charge in [-0.15, -0.1) is 0 Å². The van der Waals surface area contributed by atoms with E-state index in [9.17, 15) is 4.79 Å². The van der Waals surface area contributed by atoms with Crippen LogP contribution in [0.3, 0.4) is 0 Å². The number of piperidine rings is 1. The number of rotatable bonds is 5. The van der Waals surface area contributed by atoms with Crippen molar-refractivity contribution in [1.29, 1.82) is 0 Å². The Labute approximate surface area is 178 Å². The fourth-order valence-electron chi connectivity index (χ4n) is 4.36. The molecular weight excluding hydrogens is 428 g/mol. The maximum Gasteiger partial charge on any atom is 0.254 e.